The summed E-state index contributed by atoms with van der Waals surface area (Å²) < 4.78 is 3.61. The number of aromatic nitrogens is 5. The molecule has 5 aromatic rings. The first-order valence-corrected chi connectivity index (χ1v) is 13.6. The van der Waals surface area contributed by atoms with Crippen LogP contribution in [0.5, 0.6) is 0 Å². The molecule has 0 bridgehead atoms. The lowest BCUT2D eigenvalue weighted by atomic mass is 9.96. The lowest BCUT2D eigenvalue weighted by molar-refractivity contribution is -0.132. The first kappa shape index (κ1) is 26.2. The minimum atomic E-state index is -0.333. The lowest BCUT2D eigenvalue weighted by Crippen LogP contribution is -2.51. The molecule has 1 aromatic carbocycles. The number of hydrogen-bond acceptors (Lipinski definition) is 7. The number of piperazine rings is 1. The number of imidazole rings is 1. The molecular weight excluding hydrogens is 514 g/mol. The second kappa shape index (κ2) is 10.9. The van der Waals surface area contributed by atoms with Gasteiger partial charge in [-0.05, 0) is 42.3 Å². The van der Waals surface area contributed by atoms with Crippen molar-refractivity contribution in [2.24, 2.45) is 12.8 Å². The molecule has 0 aliphatic carbocycles. The highest BCUT2D eigenvalue weighted by atomic mass is 16.2. The van der Waals surface area contributed by atoms with Crippen molar-refractivity contribution < 1.29 is 4.79 Å². The Hall–Kier alpha value is -5.01. The number of nitrogens with two attached hydrogens (primary N) is 1. The summed E-state index contributed by atoms with van der Waals surface area (Å²) in [6.45, 7) is 4.90. The molecule has 4 aromatic heterocycles. The number of rotatable bonds is 6. The fourth-order valence-corrected chi connectivity index (χ4v) is 5.42. The lowest BCUT2D eigenvalue weighted by Gasteiger charge is -2.37. The Bertz CT molecular complexity index is 1740. The number of benzene rings is 1. The molecule has 41 heavy (non-hydrogen) atoms. The van der Waals surface area contributed by atoms with Crippen LogP contribution in [-0.4, -0.2) is 67.7 Å². The van der Waals surface area contributed by atoms with Crippen molar-refractivity contribution in [2.75, 3.05) is 37.6 Å². The van der Waals surface area contributed by atoms with Gasteiger partial charge in [-0.15, -0.1) is 0 Å². The predicted octanol–water partition coefficient (Wildman–Crippen LogP) is 3.37. The van der Waals surface area contributed by atoms with E-state index >= 15 is 0 Å². The molecule has 5 heterocycles. The van der Waals surface area contributed by atoms with Crippen LogP contribution in [0.1, 0.15) is 22.7 Å². The zero-order valence-corrected chi connectivity index (χ0v) is 23.1. The van der Waals surface area contributed by atoms with Crippen LogP contribution in [-0.2, 0) is 11.8 Å². The standard InChI is InChI=1S/C31H31N9O/c1-21-3-5-22(6-4-21)27(16-33)31(41)39-11-9-38(10-12-39)29-8-7-23(17-34-29)28-13-24(25-18-36-37(2)20-25)14-30-35-19-26(15-32)40(28)30/h3-8,13-14,17-20,27H,9-12,16,33H2,1-2H3. The number of carbonyl (C=O) groups is 1. The maximum atomic E-state index is 13.3. The van der Waals surface area contributed by atoms with E-state index < -0.39 is 0 Å². The van der Waals surface area contributed by atoms with E-state index in [0.717, 1.165) is 39.3 Å². The summed E-state index contributed by atoms with van der Waals surface area (Å²) in [5.74, 6) is 0.589. The Labute approximate surface area is 238 Å². The fourth-order valence-electron chi connectivity index (χ4n) is 5.42. The van der Waals surface area contributed by atoms with Crippen molar-refractivity contribution in [1.29, 1.82) is 5.26 Å². The zero-order chi connectivity index (χ0) is 28.5. The third-order valence-electron chi connectivity index (χ3n) is 7.73. The molecule has 0 spiro atoms. The number of pyridine rings is 2. The van der Waals surface area contributed by atoms with Gasteiger partial charge in [-0.25, -0.2) is 9.97 Å². The van der Waals surface area contributed by atoms with E-state index in [1.165, 1.54) is 0 Å². The van der Waals surface area contributed by atoms with Crippen molar-refractivity contribution in [2.45, 2.75) is 12.8 Å². The second-order valence-corrected chi connectivity index (χ2v) is 10.4. The van der Waals surface area contributed by atoms with Gasteiger partial charge in [-0.2, -0.15) is 10.4 Å². The van der Waals surface area contributed by atoms with E-state index in [0.29, 0.717) is 37.5 Å². The maximum absolute atomic E-state index is 13.3. The number of amides is 1. The Kier molecular flexibility index (Phi) is 6.95. The summed E-state index contributed by atoms with van der Waals surface area (Å²) in [6.07, 6.45) is 7.18. The first-order chi connectivity index (χ1) is 19.9. The Morgan fingerprint density at radius 2 is 1.76 bits per heavy atom. The largest absolute Gasteiger partial charge is 0.353 e. The molecule has 0 radical (unpaired) electrons. The third kappa shape index (κ3) is 5.03. The monoisotopic (exact) mass is 545 g/mol. The van der Waals surface area contributed by atoms with Crippen molar-refractivity contribution in [3.8, 4) is 28.5 Å². The normalized spacial score (nSPS) is 14.3. The molecule has 1 aliphatic rings. The summed E-state index contributed by atoms with van der Waals surface area (Å²) in [4.78, 5) is 26.6. The predicted molar refractivity (Wildman–Crippen MR) is 157 cm³/mol. The number of hydrogen-bond donors (Lipinski definition) is 1. The quantitative estimate of drug-likeness (QED) is 0.347. The SMILES string of the molecule is Cc1ccc(C(CN)C(=O)N2CCN(c3ccc(-c4cc(-c5cnn(C)c5)cc5ncc(C#N)n45)cn3)CC2)cc1. The molecule has 1 atom stereocenters. The zero-order valence-electron chi connectivity index (χ0n) is 23.1. The van der Waals surface area contributed by atoms with Crippen LogP contribution in [0, 0.1) is 18.3 Å². The molecule has 10 nitrogen and oxygen atoms in total. The van der Waals surface area contributed by atoms with E-state index in [4.69, 9.17) is 10.7 Å². The summed E-state index contributed by atoms with van der Waals surface area (Å²) >= 11 is 0. The van der Waals surface area contributed by atoms with Crippen LogP contribution in [0.15, 0.2) is 73.3 Å². The molecule has 0 saturated carbocycles. The molecule has 1 saturated heterocycles. The van der Waals surface area contributed by atoms with Crippen LogP contribution in [0.25, 0.3) is 28.0 Å². The minimum absolute atomic E-state index is 0.0745. The number of aryl methyl sites for hydroxylation is 2. The number of carbonyl (C=O) groups excluding carboxylic acids is 1. The van der Waals surface area contributed by atoms with Crippen LogP contribution in [0.2, 0.25) is 0 Å². The van der Waals surface area contributed by atoms with Crippen molar-refractivity contribution in [1.82, 2.24) is 29.0 Å². The van der Waals surface area contributed by atoms with E-state index in [-0.39, 0.29) is 18.4 Å². The highest BCUT2D eigenvalue weighted by Crippen LogP contribution is 2.30. The van der Waals surface area contributed by atoms with Gasteiger partial charge >= 0.3 is 0 Å². The van der Waals surface area contributed by atoms with Crippen molar-refractivity contribution in [3.63, 3.8) is 0 Å². The molecule has 1 aliphatic heterocycles. The summed E-state index contributed by atoms with van der Waals surface area (Å²) in [5.41, 5.74) is 12.9. The number of nitriles is 1. The van der Waals surface area contributed by atoms with Gasteiger partial charge < -0.3 is 15.5 Å². The van der Waals surface area contributed by atoms with Gasteiger partial charge in [0.25, 0.3) is 0 Å². The Balaban J connectivity index is 1.20. The third-order valence-corrected chi connectivity index (χ3v) is 7.73. The molecule has 206 valence electrons. The van der Waals surface area contributed by atoms with Crippen molar-refractivity contribution in [3.05, 3.63) is 90.1 Å². The number of fused-ring (bicyclic) bond motifs is 1. The molecule has 1 unspecified atom stereocenters. The first-order valence-electron chi connectivity index (χ1n) is 13.6. The summed E-state index contributed by atoms with van der Waals surface area (Å²) in [6, 6.07) is 18.3. The van der Waals surface area contributed by atoms with Gasteiger partial charge in [0.15, 0.2) is 0 Å². The van der Waals surface area contributed by atoms with Gasteiger partial charge in [0.05, 0.1) is 24.0 Å². The smallest absolute Gasteiger partial charge is 0.231 e. The van der Waals surface area contributed by atoms with E-state index in [1.807, 2.05) is 90.4 Å². The molecule has 1 fully saturated rings. The highest BCUT2D eigenvalue weighted by molar-refractivity contribution is 5.84. The Morgan fingerprint density at radius 1 is 0.976 bits per heavy atom. The number of anilines is 1. The van der Waals surface area contributed by atoms with Crippen LogP contribution >= 0.6 is 0 Å². The average molecular weight is 546 g/mol. The van der Waals surface area contributed by atoms with Crippen LogP contribution in [0.3, 0.4) is 0 Å². The fraction of sp³-hybridized carbons (Fsp3) is 0.258. The van der Waals surface area contributed by atoms with Gasteiger partial charge in [-0.1, -0.05) is 29.8 Å². The molecule has 2 N–H and O–H groups in total. The molecule has 6 rings (SSSR count). The topological polar surface area (TPSA) is 121 Å². The van der Waals surface area contributed by atoms with Crippen LogP contribution < -0.4 is 10.6 Å². The molecule has 10 heteroatoms. The van der Waals surface area contributed by atoms with Crippen molar-refractivity contribution >= 4 is 17.4 Å². The van der Waals surface area contributed by atoms with E-state index in [9.17, 15) is 10.1 Å². The van der Waals surface area contributed by atoms with E-state index in [1.54, 1.807) is 10.9 Å². The van der Waals surface area contributed by atoms with Crippen LogP contribution in [0.4, 0.5) is 5.82 Å². The van der Waals surface area contributed by atoms with Gasteiger partial charge in [0, 0.05) is 63.3 Å². The second-order valence-electron chi connectivity index (χ2n) is 10.4. The highest BCUT2D eigenvalue weighted by Gasteiger charge is 2.28. The Morgan fingerprint density at radius 3 is 2.39 bits per heavy atom. The average Bonchev–Trinajstić information content (AvgIpc) is 3.64. The maximum Gasteiger partial charge on any atom is 0.231 e. The van der Waals surface area contributed by atoms with Gasteiger partial charge in [-0.3, -0.25) is 13.9 Å². The number of nitrogens with zero attached hydrogens (tertiary/aromatic N) is 8. The molecule has 1 amide bonds. The summed E-state index contributed by atoms with van der Waals surface area (Å²) in [5, 5.41) is 14.0. The van der Waals surface area contributed by atoms with Gasteiger partial charge in [0.2, 0.25) is 5.91 Å². The minimum Gasteiger partial charge on any atom is -0.353 e. The van der Waals surface area contributed by atoms with E-state index in [2.05, 4.69) is 21.1 Å². The summed E-state index contributed by atoms with van der Waals surface area (Å²) in [7, 11) is 1.88. The van der Waals surface area contributed by atoms with Gasteiger partial charge in [0.1, 0.15) is 23.2 Å². The molecular formula is C31H31N9O.